The van der Waals surface area contributed by atoms with Gasteiger partial charge in [0.05, 0.1) is 11.0 Å². The van der Waals surface area contributed by atoms with Gasteiger partial charge < -0.3 is 9.09 Å². The van der Waals surface area contributed by atoms with Crippen LogP contribution in [0.3, 0.4) is 0 Å². The van der Waals surface area contributed by atoms with Gasteiger partial charge in [0.2, 0.25) is 5.82 Å². The van der Waals surface area contributed by atoms with Crippen LogP contribution in [-0.4, -0.2) is 19.7 Å². The first-order valence-corrected chi connectivity index (χ1v) is 9.40. The fourth-order valence-corrected chi connectivity index (χ4v) is 3.52. The summed E-state index contributed by atoms with van der Waals surface area (Å²) in [6, 6.07) is 11.9. The van der Waals surface area contributed by atoms with Crippen molar-refractivity contribution in [3.05, 3.63) is 63.6 Å². The zero-order valence-electron chi connectivity index (χ0n) is 16.5. The average molecular weight is 374 g/mol. The van der Waals surface area contributed by atoms with Crippen molar-refractivity contribution >= 4 is 11.0 Å². The van der Waals surface area contributed by atoms with Crippen molar-refractivity contribution in [2.75, 3.05) is 0 Å². The van der Waals surface area contributed by atoms with E-state index in [1.54, 1.807) is 11.5 Å². The Kier molecular flexibility index (Phi) is 4.55. The number of rotatable bonds is 4. The molecule has 0 atom stereocenters. The van der Waals surface area contributed by atoms with Crippen LogP contribution in [0, 0.1) is 20.8 Å². The predicted molar refractivity (Wildman–Crippen MR) is 109 cm³/mol. The van der Waals surface area contributed by atoms with E-state index in [0.29, 0.717) is 24.0 Å². The van der Waals surface area contributed by atoms with E-state index in [9.17, 15) is 4.79 Å². The van der Waals surface area contributed by atoms with Crippen LogP contribution in [-0.2, 0) is 6.54 Å². The molecule has 0 N–H and O–H groups in total. The molecule has 2 heterocycles. The Morgan fingerprint density at radius 2 is 1.71 bits per heavy atom. The van der Waals surface area contributed by atoms with Gasteiger partial charge >= 0.3 is 0 Å². The minimum atomic E-state index is -0.0428. The van der Waals surface area contributed by atoms with Crippen LogP contribution in [0.1, 0.15) is 30.2 Å². The largest absolute Gasteiger partial charge is 0.334 e. The topological polar surface area (TPSA) is 73.8 Å². The van der Waals surface area contributed by atoms with Crippen LogP contribution in [0.2, 0.25) is 0 Å². The summed E-state index contributed by atoms with van der Waals surface area (Å²) in [5.41, 5.74) is 6.02. The Hall–Kier alpha value is -3.28. The van der Waals surface area contributed by atoms with Crippen molar-refractivity contribution in [3.8, 4) is 22.8 Å². The Labute approximate surface area is 162 Å². The molecule has 4 rings (SSSR count). The number of aromatic nitrogens is 4. The van der Waals surface area contributed by atoms with Crippen LogP contribution in [0.25, 0.3) is 33.9 Å². The van der Waals surface area contributed by atoms with Crippen LogP contribution in [0.5, 0.6) is 0 Å². The molecule has 0 fully saturated rings. The molecule has 28 heavy (non-hydrogen) atoms. The van der Waals surface area contributed by atoms with Crippen molar-refractivity contribution < 1.29 is 4.52 Å². The van der Waals surface area contributed by atoms with Gasteiger partial charge in [0.1, 0.15) is 5.69 Å². The SMILES string of the molecule is CCCn1c(=O)c(C)nc2cc(-c3noc(-c4cc(C)cc(C)c4)n3)ccc21. The summed E-state index contributed by atoms with van der Waals surface area (Å²) in [6.07, 6.45) is 0.879. The van der Waals surface area contributed by atoms with Gasteiger partial charge in [-0.1, -0.05) is 29.3 Å². The van der Waals surface area contributed by atoms with Crippen LogP contribution < -0.4 is 5.56 Å². The molecule has 0 bridgehead atoms. The van der Waals surface area contributed by atoms with Crippen molar-refractivity contribution in [2.24, 2.45) is 0 Å². The Bertz CT molecular complexity index is 1220. The molecule has 4 aromatic rings. The lowest BCUT2D eigenvalue weighted by Gasteiger charge is -2.10. The maximum atomic E-state index is 12.4. The molecule has 0 unspecified atom stereocenters. The second-order valence-electron chi connectivity index (χ2n) is 7.16. The van der Waals surface area contributed by atoms with Crippen LogP contribution >= 0.6 is 0 Å². The smallest absolute Gasteiger partial charge is 0.272 e. The Morgan fingerprint density at radius 1 is 0.964 bits per heavy atom. The lowest BCUT2D eigenvalue weighted by molar-refractivity contribution is 0.432. The van der Waals surface area contributed by atoms with E-state index >= 15 is 0 Å². The Morgan fingerprint density at radius 3 is 2.43 bits per heavy atom. The maximum Gasteiger partial charge on any atom is 0.272 e. The summed E-state index contributed by atoms with van der Waals surface area (Å²) in [5, 5.41) is 4.15. The monoisotopic (exact) mass is 374 g/mol. The standard InChI is InChI=1S/C22H22N4O2/c1-5-8-26-19-7-6-16(12-18(19)23-15(4)22(26)27)20-24-21(28-25-20)17-10-13(2)9-14(3)11-17/h6-7,9-12H,5,8H2,1-4H3. The number of nitrogens with zero attached hydrogens (tertiary/aromatic N) is 4. The predicted octanol–water partition coefficient (Wildman–Crippen LogP) is 4.45. The molecular weight excluding hydrogens is 352 g/mol. The first kappa shape index (κ1) is 18.1. The molecular formula is C22H22N4O2. The average Bonchev–Trinajstić information content (AvgIpc) is 3.14. The minimum Gasteiger partial charge on any atom is -0.334 e. The molecule has 6 heteroatoms. The summed E-state index contributed by atoms with van der Waals surface area (Å²) in [7, 11) is 0. The summed E-state index contributed by atoms with van der Waals surface area (Å²) >= 11 is 0. The zero-order chi connectivity index (χ0) is 19.8. The third-order valence-corrected chi connectivity index (χ3v) is 4.71. The molecule has 0 saturated carbocycles. The third kappa shape index (κ3) is 3.22. The molecule has 2 aromatic carbocycles. The summed E-state index contributed by atoms with van der Waals surface area (Å²) in [6.45, 7) is 8.54. The van der Waals surface area contributed by atoms with E-state index in [1.165, 1.54) is 0 Å². The highest BCUT2D eigenvalue weighted by molar-refractivity contribution is 5.80. The normalized spacial score (nSPS) is 11.3. The van der Waals surface area contributed by atoms with Gasteiger partial charge in [-0.3, -0.25) is 4.79 Å². The molecule has 0 spiro atoms. The van der Waals surface area contributed by atoms with Gasteiger partial charge in [-0.15, -0.1) is 0 Å². The number of hydrogen-bond acceptors (Lipinski definition) is 5. The third-order valence-electron chi connectivity index (χ3n) is 4.71. The molecule has 0 saturated heterocycles. The van der Waals surface area contributed by atoms with Crippen LogP contribution in [0.4, 0.5) is 0 Å². The molecule has 142 valence electrons. The summed E-state index contributed by atoms with van der Waals surface area (Å²) in [5.74, 6) is 0.991. The van der Waals surface area contributed by atoms with E-state index in [4.69, 9.17) is 4.52 Å². The highest BCUT2D eigenvalue weighted by atomic mass is 16.5. The highest BCUT2D eigenvalue weighted by Gasteiger charge is 2.14. The quantitative estimate of drug-likeness (QED) is 0.528. The second kappa shape index (κ2) is 7.03. The molecule has 2 aromatic heterocycles. The highest BCUT2D eigenvalue weighted by Crippen LogP contribution is 2.25. The van der Waals surface area contributed by atoms with Gasteiger partial charge in [-0.2, -0.15) is 4.98 Å². The zero-order valence-corrected chi connectivity index (χ0v) is 16.5. The molecule has 0 aliphatic rings. The van der Waals surface area contributed by atoms with Crippen molar-refractivity contribution in [1.82, 2.24) is 19.7 Å². The first-order chi connectivity index (χ1) is 13.5. The van der Waals surface area contributed by atoms with E-state index in [1.807, 2.05) is 44.2 Å². The number of aryl methyl sites for hydroxylation is 4. The first-order valence-electron chi connectivity index (χ1n) is 9.40. The summed E-state index contributed by atoms with van der Waals surface area (Å²) < 4.78 is 7.27. The fourth-order valence-electron chi connectivity index (χ4n) is 3.52. The van der Waals surface area contributed by atoms with Crippen molar-refractivity contribution in [2.45, 2.75) is 40.7 Å². The lowest BCUT2D eigenvalue weighted by Crippen LogP contribution is -2.24. The number of fused-ring (bicyclic) bond motifs is 1. The Balaban J connectivity index is 1.79. The van der Waals surface area contributed by atoms with Crippen molar-refractivity contribution in [3.63, 3.8) is 0 Å². The number of benzene rings is 2. The van der Waals surface area contributed by atoms with E-state index in [2.05, 4.69) is 28.1 Å². The maximum absolute atomic E-state index is 12.4. The molecule has 0 radical (unpaired) electrons. The minimum absolute atomic E-state index is 0.0428. The van der Waals surface area contributed by atoms with Crippen molar-refractivity contribution in [1.29, 1.82) is 0 Å². The lowest BCUT2D eigenvalue weighted by atomic mass is 10.1. The molecule has 6 nitrogen and oxygen atoms in total. The van der Waals surface area contributed by atoms with Crippen LogP contribution in [0.15, 0.2) is 45.7 Å². The van der Waals surface area contributed by atoms with Gasteiger partial charge in [-0.25, -0.2) is 4.98 Å². The molecule has 0 aliphatic heterocycles. The van der Waals surface area contributed by atoms with Gasteiger partial charge in [0.15, 0.2) is 0 Å². The van der Waals surface area contributed by atoms with E-state index in [-0.39, 0.29) is 5.56 Å². The molecule has 0 aliphatic carbocycles. The van der Waals surface area contributed by atoms with Gasteiger partial charge in [-0.05, 0) is 57.5 Å². The fraction of sp³-hybridized carbons (Fsp3) is 0.273. The van der Waals surface area contributed by atoms with Gasteiger partial charge in [0, 0.05) is 17.7 Å². The number of hydrogen-bond donors (Lipinski definition) is 0. The van der Waals surface area contributed by atoms with Gasteiger partial charge in [0.25, 0.3) is 11.4 Å². The second-order valence-corrected chi connectivity index (χ2v) is 7.16. The molecule has 0 amide bonds. The van der Waals surface area contributed by atoms with E-state index < -0.39 is 0 Å². The summed E-state index contributed by atoms with van der Waals surface area (Å²) in [4.78, 5) is 21.4. The van der Waals surface area contributed by atoms with E-state index in [0.717, 1.165) is 39.7 Å².